The van der Waals surface area contributed by atoms with Crippen LogP contribution in [0.1, 0.15) is 69.7 Å². The molecule has 1 fully saturated rings. The van der Waals surface area contributed by atoms with Crippen LogP contribution in [0.5, 0.6) is 11.5 Å². The van der Waals surface area contributed by atoms with Crippen LogP contribution < -0.4 is 14.9 Å². The molecule has 0 bridgehead atoms. The molecule has 3 heterocycles. The minimum absolute atomic E-state index is 0.170. The zero-order chi connectivity index (χ0) is 22.8. The molecule has 0 radical (unpaired) electrons. The van der Waals surface area contributed by atoms with Crippen LogP contribution in [0.25, 0.3) is 17.0 Å². The smallest absolute Gasteiger partial charge is 0.193 e. The van der Waals surface area contributed by atoms with E-state index in [2.05, 4.69) is 44.9 Å². The van der Waals surface area contributed by atoms with Crippen LogP contribution in [0.3, 0.4) is 0 Å². The van der Waals surface area contributed by atoms with Gasteiger partial charge in [-0.05, 0) is 50.2 Å². The predicted octanol–water partition coefficient (Wildman–Crippen LogP) is 5.69. The molecular formula is C27H33NO4. The standard InChI is InChI=1S/C27H33NO4/c1-15(2)21-10-18-11-24(31-9-8-17-6-7-17)26-19(13-27(4,5)32-26)25(18)22-12-23(30)20(16(3)29)14-28(21)22/h11-12,14-15,17,21,29H,3,6-10,13H2,1-2,4-5H3/t21-/m0/s1. The predicted molar refractivity (Wildman–Crippen MR) is 127 cm³/mol. The zero-order valence-electron chi connectivity index (χ0n) is 19.5. The number of nitrogens with zero attached hydrogens (tertiary/aromatic N) is 1. The second kappa shape index (κ2) is 7.43. The molecule has 3 aliphatic rings. The number of ether oxygens (including phenoxy) is 2. The summed E-state index contributed by atoms with van der Waals surface area (Å²) in [6.07, 6.45) is 7.11. The highest BCUT2D eigenvalue weighted by Crippen LogP contribution is 2.51. The van der Waals surface area contributed by atoms with Crippen LogP contribution in [0.15, 0.2) is 29.7 Å². The Labute approximate surface area is 189 Å². The summed E-state index contributed by atoms with van der Waals surface area (Å²) in [5, 5.41) is 9.97. The van der Waals surface area contributed by atoms with E-state index in [0.29, 0.717) is 12.5 Å². The van der Waals surface area contributed by atoms with Gasteiger partial charge in [0.15, 0.2) is 16.9 Å². The Balaban J connectivity index is 1.67. The first-order valence-corrected chi connectivity index (χ1v) is 11.8. The van der Waals surface area contributed by atoms with E-state index in [1.165, 1.54) is 18.4 Å². The van der Waals surface area contributed by atoms with Gasteiger partial charge >= 0.3 is 0 Å². The van der Waals surface area contributed by atoms with E-state index < -0.39 is 0 Å². The van der Waals surface area contributed by atoms with Gasteiger partial charge in [-0.15, -0.1) is 0 Å². The Morgan fingerprint density at radius 3 is 2.75 bits per heavy atom. The maximum Gasteiger partial charge on any atom is 0.193 e. The van der Waals surface area contributed by atoms with Crippen LogP contribution in [0.2, 0.25) is 0 Å². The third-order valence-electron chi connectivity index (χ3n) is 7.09. The lowest BCUT2D eigenvalue weighted by Crippen LogP contribution is -2.28. The Morgan fingerprint density at radius 2 is 2.09 bits per heavy atom. The van der Waals surface area contributed by atoms with Gasteiger partial charge in [0, 0.05) is 35.9 Å². The molecule has 1 aromatic carbocycles. The molecule has 2 aliphatic heterocycles. The first-order valence-electron chi connectivity index (χ1n) is 11.8. The Hall–Kier alpha value is -2.69. The van der Waals surface area contributed by atoms with E-state index in [9.17, 15) is 9.90 Å². The summed E-state index contributed by atoms with van der Waals surface area (Å²) < 4.78 is 14.8. The van der Waals surface area contributed by atoms with Crippen LogP contribution in [0, 0.1) is 11.8 Å². The van der Waals surface area contributed by atoms with Crippen LogP contribution >= 0.6 is 0 Å². The summed E-state index contributed by atoms with van der Waals surface area (Å²) in [5.74, 6) is 2.64. The van der Waals surface area contributed by atoms with E-state index in [1.807, 2.05) is 0 Å². The molecule has 1 aromatic heterocycles. The quantitative estimate of drug-likeness (QED) is 0.592. The first-order chi connectivity index (χ1) is 15.1. The number of pyridine rings is 1. The molecule has 0 spiro atoms. The van der Waals surface area contributed by atoms with Crippen molar-refractivity contribution in [1.29, 1.82) is 0 Å². The third-order valence-corrected chi connectivity index (χ3v) is 7.09. The van der Waals surface area contributed by atoms with E-state index >= 15 is 0 Å². The minimum atomic E-state index is -0.328. The summed E-state index contributed by atoms with van der Waals surface area (Å²) >= 11 is 0. The van der Waals surface area contributed by atoms with Crippen LogP contribution in [0.4, 0.5) is 0 Å². The fourth-order valence-electron chi connectivity index (χ4n) is 5.22. The fraction of sp³-hybridized carbons (Fsp3) is 0.519. The summed E-state index contributed by atoms with van der Waals surface area (Å²) in [4.78, 5) is 12.8. The SMILES string of the molecule is C=C(O)c1cn2c(cc1=O)-c1c(cc(OCCC3CC3)c3c1CC(C)(C)O3)C[C@H]2C(C)C. The topological polar surface area (TPSA) is 60.7 Å². The van der Waals surface area contributed by atoms with Crippen molar-refractivity contribution in [3.63, 3.8) is 0 Å². The molecule has 0 saturated heterocycles. The fourth-order valence-corrected chi connectivity index (χ4v) is 5.22. The summed E-state index contributed by atoms with van der Waals surface area (Å²) in [5.41, 5.74) is 4.03. The maximum absolute atomic E-state index is 12.8. The average Bonchev–Trinajstić information content (AvgIpc) is 3.46. The van der Waals surface area contributed by atoms with E-state index in [0.717, 1.165) is 53.5 Å². The lowest BCUT2D eigenvalue weighted by molar-refractivity contribution is 0.132. The van der Waals surface area contributed by atoms with Crippen LogP contribution in [-0.2, 0) is 12.8 Å². The molecular weight excluding hydrogens is 402 g/mol. The van der Waals surface area contributed by atoms with Crippen molar-refractivity contribution < 1.29 is 14.6 Å². The monoisotopic (exact) mass is 435 g/mol. The molecule has 0 amide bonds. The highest BCUT2D eigenvalue weighted by atomic mass is 16.5. The second-order valence-electron chi connectivity index (χ2n) is 10.6. The van der Waals surface area contributed by atoms with Crippen molar-refractivity contribution in [1.82, 2.24) is 4.57 Å². The van der Waals surface area contributed by atoms with Crippen LogP contribution in [-0.4, -0.2) is 21.9 Å². The molecule has 1 saturated carbocycles. The Bertz CT molecular complexity index is 1150. The molecule has 32 heavy (non-hydrogen) atoms. The van der Waals surface area contributed by atoms with E-state index in [-0.39, 0.29) is 28.4 Å². The maximum atomic E-state index is 12.8. The van der Waals surface area contributed by atoms with Crippen molar-refractivity contribution in [3.8, 4) is 22.8 Å². The van der Waals surface area contributed by atoms with Gasteiger partial charge in [-0.1, -0.05) is 33.3 Å². The van der Waals surface area contributed by atoms with Crippen molar-refractivity contribution in [2.24, 2.45) is 11.8 Å². The first kappa shape index (κ1) is 21.2. The normalized spacial score (nSPS) is 20.3. The number of rotatable bonds is 6. The van der Waals surface area contributed by atoms with Gasteiger partial charge in [-0.25, -0.2) is 0 Å². The van der Waals surface area contributed by atoms with E-state index in [1.54, 1.807) is 12.3 Å². The molecule has 170 valence electrons. The van der Waals surface area contributed by atoms with Crippen molar-refractivity contribution in [2.45, 2.75) is 71.4 Å². The minimum Gasteiger partial charge on any atom is -0.508 e. The molecule has 5 nitrogen and oxygen atoms in total. The van der Waals surface area contributed by atoms with E-state index in [4.69, 9.17) is 9.47 Å². The zero-order valence-corrected chi connectivity index (χ0v) is 19.5. The second-order valence-corrected chi connectivity index (χ2v) is 10.6. The van der Waals surface area contributed by atoms with Crippen molar-refractivity contribution >= 4 is 5.76 Å². The molecule has 2 aromatic rings. The number of hydrogen-bond donors (Lipinski definition) is 1. The highest BCUT2D eigenvalue weighted by molar-refractivity contribution is 5.77. The van der Waals surface area contributed by atoms with Gasteiger partial charge in [0.05, 0.1) is 17.9 Å². The average molecular weight is 436 g/mol. The highest BCUT2D eigenvalue weighted by Gasteiger charge is 2.39. The van der Waals surface area contributed by atoms with Gasteiger partial charge in [0.2, 0.25) is 0 Å². The van der Waals surface area contributed by atoms with Crippen molar-refractivity contribution in [3.05, 3.63) is 51.8 Å². The Morgan fingerprint density at radius 1 is 1.34 bits per heavy atom. The molecule has 5 heteroatoms. The number of aromatic nitrogens is 1. The summed E-state index contributed by atoms with van der Waals surface area (Å²) in [6, 6.07) is 3.97. The number of aliphatic hydroxyl groups excluding tert-OH is 1. The molecule has 5 rings (SSSR count). The van der Waals surface area contributed by atoms with Gasteiger partial charge in [-0.2, -0.15) is 0 Å². The number of fused-ring (bicyclic) bond motifs is 5. The largest absolute Gasteiger partial charge is 0.508 e. The third kappa shape index (κ3) is 3.62. The number of benzene rings is 1. The van der Waals surface area contributed by atoms with Gasteiger partial charge in [0.1, 0.15) is 11.4 Å². The number of hydrogen-bond acceptors (Lipinski definition) is 4. The Kier molecular flexibility index (Phi) is 4.92. The van der Waals surface area contributed by atoms with Gasteiger partial charge in [-0.3, -0.25) is 4.79 Å². The van der Waals surface area contributed by atoms with Gasteiger partial charge in [0.25, 0.3) is 0 Å². The van der Waals surface area contributed by atoms with Crippen molar-refractivity contribution in [2.75, 3.05) is 6.61 Å². The molecule has 1 aliphatic carbocycles. The summed E-state index contributed by atoms with van der Waals surface area (Å²) in [7, 11) is 0. The molecule has 0 unspecified atom stereocenters. The lowest BCUT2D eigenvalue weighted by atomic mass is 9.83. The van der Waals surface area contributed by atoms with Gasteiger partial charge < -0.3 is 19.1 Å². The molecule has 1 N–H and O–H groups in total. The molecule has 1 atom stereocenters. The summed E-state index contributed by atoms with van der Waals surface area (Å²) in [6.45, 7) is 12.9. The number of aliphatic hydroxyl groups is 1. The lowest BCUT2D eigenvalue weighted by Gasteiger charge is -2.34.